The monoisotopic (exact) mass is 263 g/mol. The molecule has 2 aromatic heterocycles. The van der Waals surface area contributed by atoms with Crippen LogP contribution in [0.5, 0.6) is 0 Å². The highest BCUT2D eigenvalue weighted by Crippen LogP contribution is 2.30. The van der Waals surface area contributed by atoms with Gasteiger partial charge < -0.3 is 4.57 Å². The summed E-state index contributed by atoms with van der Waals surface area (Å²) in [6.45, 7) is 11.1. The molecule has 0 spiro atoms. The third kappa shape index (κ3) is 2.34. The van der Waals surface area contributed by atoms with Crippen LogP contribution in [-0.4, -0.2) is 13.9 Å². The highest BCUT2D eigenvalue weighted by Gasteiger charge is 2.20. The van der Waals surface area contributed by atoms with Crippen LogP contribution in [0.3, 0.4) is 0 Å². The minimum Gasteiger partial charge on any atom is -0.327 e. The lowest BCUT2D eigenvalue weighted by atomic mass is 10.0. The van der Waals surface area contributed by atoms with Gasteiger partial charge in [-0.15, -0.1) is 0 Å². The van der Waals surface area contributed by atoms with Gasteiger partial charge in [-0.25, -0.2) is 9.36 Å². The molecule has 0 saturated carbocycles. The van der Waals surface area contributed by atoms with E-state index in [0.29, 0.717) is 17.9 Å². The van der Waals surface area contributed by atoms with Crippen molar-refractivity contribution in [2.75, 3.05) is 0 Å². The maximum Gasteiger partial charge on any atom is 0.0957 e. The molecule has 1 atom stereocenters. The smallest absolute Gasteiger partial charge is 0.0957 e. The normalized spacial score (nSPS) is 13.5. The zero-order chi connectivity index (χ0) is 13.3. The van der Waals surface area contributed by atoms with Gasteiger partial charge in [0.2, 0.25) is 0 Å². The molecule has 2 heterocycles. The van der Waals surface area contributed by atoms with Crippen LogP contribution in [0.25, 0.3) is 0 Å². The van der Waals surface area contributed by atoms with Crippen molar-refractivity contribution >= 4 is 11.5 Å². The highest BCUT2D eigenvalue weighted by atomic mass is 32.1. The Labute approximate surface area is 113 Å². The molecule has 0 aliphatic rings. The first kappa shape index (κ1) is 13.3. The molecule has 4 heteroatoms. The van der Waals surface area contributed by atoms with Crippen LogP contribution >= 0.6 is 11.5 Å². The maximum absolute atomic E-state index is 4.61. The molecule has 98 valence electrons. The quantitative estimate of drug-likeness (QED) is 0.828. The summed E-state index contributed by atoms with van der Waals surface area (Å²) in [5.41, 5.74) is 3.83. The lowest BCUT2D eigenvalue weighted by Gasteiger charge is -2.19. The minimum absolute atomic E-state index is 0.307. The van der Waals surface area contributed by atoms with Gasteiger partial charge >= 0.3 is 0 Å². The number of nitrogens with zero attached hydrogens (tertiary/aromatic N) is 3. The molecule has 2 aromatic rings. The number of aromatic nitrogens is 3. The molecule has 0 N–H and O–H groups in total. The molecule has 0 aliphatic carbocycles. The molecule has 0 amide bonds. The topological polar surface area (TPSA) is 30.7 Å². The van der Waals surface area contributed by atoms with Crippen LogP contribution in [0.2, 0.25) is 0 Å². The van der Waals surface area contributed by atoms with Crippen molar-refractivity contribution in [1.82, 2.24) is 13.9 Å². The third-order valence-corrected chi connectivity index (χ3v) is 3.91. The van der Waals surface area contributed by atoms with E-state index < -0.39 is 0 Å². The lowest BCUT2D eigenvalue weighted by molar-refractivity contribution is 0.583. The second-order valence-electron chi connectivity index (χ2n) is 5.37. The summed E-state index contributed by atoms with van der Waals surface area (Å²) < 4.78 is 6.49. The van der Waals surface area contributed by atoms with Crippen molar-refractivity contribution in [2.45, 2.75) is 52.5 Å². The van der Waals surface area contributed by atoms with Gasteiger partial charge in [-0.3, -0.25) is 0 Å². The molecular formula is C14H21N3S. The van der Waals surface area contributed by atoms with E-state index in [1.165, 1.54) is 28.5 Å². The van der Waals surface area contributed by atoms with E-state index in [4.69, 9.17) is 0 Å². The van der Waals surface area contributed by atoms with E-state index in [1.807, 2.05) is 12.5 Å². The van der Waals surface area contributed by atoms with Gasteiger partial charge in [0, 0.05) is 22.8 Å². The molecule has 0 aromatic carbocycles. The SMILES string of the molecule is CC(C)c1ncn(C(C)c2cnsc2)c1C(C)C. The maximum atomic E-state index is 4.61. The number of hydrogen-bond acceptors (Lipinski definition) is 3. The first-order valence-electron chi connectivity index (χ1n) is 6.48. The van der Waals surface area contributed by atoms with Crippen molar-refractivity contribution in [1.29, 1.82) is 0 Å². The van der Waals surface area contributed by atoms with Gasteiger partial charge in [-0.05, 0) is 30.3 Å². The van der Waals surface area contributed by atoms with Crippen molar-refractivity contribution in [3.8, 4) is 0 Å². The Morgan fingerprint density at radius 3 is 2.33 bits per heavy atom. The molecule has 3 nitrogen and oxygen atoms in total. The van der Waals surface area contributed by atoms with Gasteiger partial charge in [0.05, 0.1) is 18.1 Å². The summed E-state index contributed by atoms with van der Waals surface area (Å²) in [7, 11) is 0. The Hall–Kier alpha value is -1.16. The van der Waals surface area contributed by atoms with Crippen molar-refractivity contribution < 1.29 is 0 Å². The third-order valence-electron chi connectivity index (χ3n) is 3.31. The first-order valence-corrected chi connectivity index (χ1v) is 7.31. The predicted octanol–water partition coefficient (Wildman–Crippen LogP) is 4.20. The number of hydrogen-bond donors (Lipinski definition) is 0. The van der Waals surface area contributed by atoms with E-state index in [1.54, 1.807) is 0 Å². The summed E-state index contributed by atoms with van der Waals surface area (Å²) in [5, 5.41) is 2.11. The van der Waals surface area contributed by atoms with E-state index in [9.17, 15) is 0 Å². The molecule has 18 heavy (non-hydrogen) atoms. The van der Waals surface area contributed by atoms with Crippen LogP contribution in [0, 0.1) is 0 Å². The molecule has 0 bridgehead atoms. The van der Waals surface area contributed by atoms with Crippen LogP contribution in [0.4, 0.5) is 0 Å². The molecule has 0 aliphatic heterocycles. The van der Waals surface area contributed by atoms with Crippen LogP contribution in [-0.2, 0) is 0 Å². The summed E-state index contributed by atoms with van der Waals surface area (Å²) in [6.07, 6.45) is 3.93. The summed E-state index contributed by atoms with van der Waals surface area (Å²) in [5.74, 6) is 0.954. The van der Waals surface area contributed by atoms with E-state index in [-0.39, 0.29) is 0 Å². The van der Waals surface area contributed by atoms with Crippen LogP contribution in [0.15, 0.2) is 17.9 Å². The van der Waals surface area contributed by atoms with E-state index in [0.717, 1.165) is 0 Å². The van der Waals surface area contributed by atoms with Gasteiger partial charge in [-0.2, -0.15) is 0 Å². The van der Waals surface area contributed by atoms with Crippen molar-refractivity contribution in [3.63, 3.8) is 0 Å². The fourth-order valence-electron chi connectivity index (χ4n) is 2.31. The Morgan fingerprint density at radius 2 is 1.83 bits per heavy atom. The average molecular weight is 263 g/mol. The first-order chi connectivity index (χ1) is 8.52. The second-order valence-corrected chi connectivity index (χ2v) is 6.02. The Morgan fingerprint density at radius 1 is 1.11 bits per heavy atom. The molecule has 0 saturated heterocycles. The van der Waals surface area contributed by atoms with Crippen molar-refractivity contribution in [3.05, 3.63) is 34.9 Å². The number of rotatable bonds is 4. The van der Waals surface area contributed by atoms with E-state index in [2.05, 4.69) is 53.9 Å². The lowest BCUT2D eigenvalue weighted by Crippen LogP contribution is -2.11. The summed E-state index contributed by atoms with van der Waals surface area (Å²) in [4.78, 5) is 4.61. The van der Waals surface area contributed by atoms with E-state index >= 15 is 0 Å². The zero-order valence-electron chi connectivity index (χ0n) is 11.7. The van der Waals surface area contributed by atoms with Crippen LogP contribution in [0.1, 0.15) is 69.4 Å². The highest BCUT2D eigenvalue weighted by molar-refractivity contribution is 7.03. The molecule has 2 rings (SSSR count). The Bertz CT molecular complexity index is 497. The fraction of sp³-hybridized carbons (Fsp3) is 0.571. The summed E-state index contributed by atoms with van der Waals surface area (Å²) >= 11 is 1.51. The van der Waals surface area contributed by atoms with Gasteiger partial charge in [0.1, 0.15) is 0 Å². The number of imidazole rings is 1. The summed E-state index contributed by atoms with van der Waals surface area (Å²) in [6, 6.07) is 0.307. The molecule has 1 unspecified atom stereocenters. The zero-order valence-corrected chi connectivity index (χ0v) is 12.5. The van der Waals surface area contributed by atoms with Crippen molar-refractivity contribution in [2.24, 2.45) is 0 Å². The minimum atomic E-state index is 0.307. The molecule has 0 fully saturated rings. The van der Waals surface area contributed by atoms with Gasteiger partial charge in [0.15, 0.2) is 0 Å². The Kier molecular flexibility index (Phi) is 3.85. The molecule has 0 radical (unpaired) electrons. The average Bonchev–Trinajstić information content (AvgIpc) is 2.97. The fourth-order valence-corrected chi connectivity index (χ4v) is 2.94. The predicted molar refractivity (Wildman–Crippen MR) is 76.3 cm³/mol. The van der Waals surface area contributed by atoms with Crippen LogP contribution < -0.4 is 0 Å². The largest absolute Gasteiger partial charge is 0.327 e. The second kappa shape index (κ2) is 5.22. The van der Waals surface area contributed by atoms with Gasteiger partial charge in [-0.1, -0.05) is 27.7 Å². The standard InChI is InChI=1S/C14H21N3S/c1-9(2)13-14(10(3)4)17(8-15-13)11(5)12-6-16-18-7-12/h6-11H,1-5H3. The Balaban J connectivity index is 2.45. The van der Waals surface area contributed by atoms with Gasteiger partial charge in [0.25, 0.3) is 0 Å². The molecular weight excluding hydrogens is 242 g/mol.